The summed E-state index contributed by atoms with van der Waals surface area (Å²) in [7, 11) is 0. The molecule has 0 fully saturated rings. The molecule has 0 aliphatic carbocycles. The van der Waals surface area contributed by atoms with Crippen LogP contribution >= 0.6 is 23.2 Å². The Morgan fingerprint density at radius 1 is 1.06 bits per heavy atom. The van der Waals surface area contributed by atoms with E-state index in [0.29, 0.717) is 10.0 Å². The summed E-state index contributed by atoms with van der Waals surface area (Å²) in [6.45, 7) is 3.89. The lowest BCUT2D eigenvalue weighted by Gasteiger charge is -2.15. The number of benzene rings is 1. The molecule has 94 valence electrons. The largest absolute Gasteiger partial charge is 0.320 e. The molecule has 0 radical (unpaired) electrons. The van der Waals surface area contributed by atoms with Crippen LogP contribution < -0.4 is 5.73 Å². The standard InChI is InChI=1S/C14H14Cl2N2/c1-8-5-10(6-9(2)18-8)14(17)12-7-11(15)3-4-13(12)16/h3-7,14H,17H2,1-2H3. The monoisotopic (exact) mass is 280 g/mol. The fourth-order valence-corrected chi connectivity index (χ4v) is 2.39. The zero-order valence-corrected chi connectivity index (χ0v) is 11.8. The molecule has 0 aliphatic heterocycles. The van der Waals surface area contributed by atoms with Gasteiger partial charge in [-0.2, -0.15) is 0 Å². The van der Waals surface area contributed by atoms with Crippen molar-refractivity contribution >= 4 is 23.2 Å². The van der Waals surface area contributed by atoms with Crippen LogP contribution in [-0.4, -0.2) is 4.98 Å². The summed E-state index contributed by atoms with van der Waals surface area (Å²) in [4.78, 5) is 4.34. The highest BCUT2D eigenvalue weighted by atomic mass is 35.5. The molecule has 4 heteroatoms. The van der Waals surface area contributed by atoms with E-state index in [1.807, 2.05) is 26.0 Å². The lowest BCUT2D eigenvalue weighted by molar-refractivity contribution is 0.860. The predicted molar refractivity (Wildman–Crippen MR) is 76.2 cm³/mol. The Morgan fingerprint density at radius 2 is 1.67 bits per heavy atom. The Hall–Kier alpha value is -1.09. The maximum atomic E-state index is 6.25. The first kappa shape index (κ1) is 13.3. The number of aromatic nitrogens is 1. The van der Waals surface area contributed by atoms with E-state index >= 15 is 0 Å². The third kappa shape index (κ3) is 2.83. The summed E-state index contributed by atoms with van der Waals surface area (Å²) >= 11 is 12.2. The molecule has 0 spiro atoms. The first-order chi connectivity index (χ1) is 8.47. The van der Waals surface area contributed by atoms with E-state index in [1.54, 1.807) is 18.2 Å². The molecule has 1 unspecified atom stereocenters. The molecule has 0 aliphatic rings. The van der Waals surface area contributed by atoms with Crippen molar-refractivity contribution in [3.63, 3.8) is 0 Å². The summed E-state index contributed by atoms with van der Waals surface area (Å²) in [5.41, 5.74) is 9.96. The molecule has 1 heterocycles. The average molecular weight is 281 g/mol. The number of nitrogens with zero attached hydrogens (tertiary/aromatic N) is 1. The van der Waals surface area contributed by atoms with Crippen LogP contribution in [0.5, 0.6) is 0 Å². The minimum Gasteiger partial charge on any atom is -0.320 e. The Kier molecular flexibility index (Phi) is 3.91. The van der Waals surface area contributed by atoms with E-state index in [2.05, 4.69) is 4.98 Å². The van der Waals surface area contributed by atoms with Crippen LogP contribution in [0.1, 0.15) is 28.6 Å². The van der Waals surface area contributed by atoms with Crippen LogP contribution in [0.25, 0.3) is 0 Å². The van der Waals surface area contributed by atoms with Crippen LogP contribution in [-0.2, 0) is 0 Å². The van der Waals surface area contributed by atoms with Gasteiger partial charge in [0.15, 0.2) is 0 Å². The molecule has 0 amide bonds. The predicted octanol–water partition coefficient (Wildman–Crippen LogP) is 4.05. The van der Waals surface area contributed by atoms with E-state index < -0.39 is 0 Å². The molecular weight excluding hydrogens is 267 g/mol. The highest BCUT2D eigenvalue weighted by molar-refractivity contribution is 6.33. The van der Waals surface area contributed by atoms with Crippen LogP contribution in [0.2, 0.25) is 10.0 Å². The number of rotatable bonds is 2. The zero-order valence-electron chi connectivity index (χ0n) is 10.2. The van der Waals surface area contributed by atoms with E-state index in [9.17, 15) is 0 Å². The first-order valence-corrected chi connectivity index (χ1v) is 6.38. The molecule has 2 aromatic rings. The number of nitrogens with two attached hydrogens (primary N) is 1. The van der Waals surface area contributed by atoms with Gasteiger partial charge in [-0.05, 0) is 55.3 Å². The Labute approximate surface area is 117 Å². The number of hydrogen-bond acceptors (Lipinski definition) is 2. The molecule has 2 rings (SSSR count). The van der Waals surface area contributed by atoms with Gasteiger partial charge in [-0.25, -0.2) is 0 Å². The fraction of sp³-hybridized carbons (Fsp3) is 0.214. The summed E-state index contributed by atoms with van der Waals surface area (Å²) < 4.78 is 0. The quantitative estimate of drug-likeness (QED) is 0.901. The van der Waals surface area contributed by atoms with Crippen molar-refractivity contribution in [3.8, 4) is 0 Å². The Bertz CT molecular complexity index is 562. The minimum atomic E-state index is -0.295. The molecule has 1 aromatic heterocycles. The number of hydrogen-bond donors (Lipinski definition) is 1. The third-order valence-corrected chi connectivity index (χ3v) is 3.34. The third-order valence-electron chi connectivity index (χ3n) is 2.76. The lowest BCUT2D eigenvalue weighted by atomic mass is 9.99. The van der Waals surface area contributed by atoms with Crippen LogP contribution in [0.3, 0.4) is 0 Å². The fourth-order valence-electron chi connectivity index (χ4n) is 1.98. The van der Waals surface area contributed by atoms with Crippen molar-refractivity contribution in [2.75, 3.05) is 0 Å². The van der Waals surface area contributed by atoms with Gasteiger partial charge in [-0.1, -0.05) is 23.2 Å². The second-order valence-electron chi connectivity index (χ2n) is 4.33. The molecule has 2 nitrogen and oxygen atoms in total. The van der Waals surface area contributed by atoms with Gasteiger partial charge in [0.05, 0.1) is 6.04 Å². The second-order valence-corrected chi connectivity index (χ2v) is 5.17. The van der Waals surface area contributed by atoms with Gasteiger partial charge in [-0.3, -0.25) is 4.98 Å². The maximum absolute atomic E-state index is 6.25. The van der Waals surface area contributed by atoms with E-state index in [1.165, 1.54) is 0 Å². The van der Waals surface area contributed by atoms with Crippen molar-refractivity contribution in [2.45, 2.75) is 19.9 Å². The summed E-state index contributed by atoms with van der Waals surface area (Å²) in [6.07, 6.45) is 0. The maximum Gasteiger partial charge on any atom is 0.0568 e. The van der Waals surface area contributed by atoms with Gasteiger partial charge in [0, 0.05) is 21.4 Å². The molecule has 0 bridgehead atoms. The number of aryl methyl sites for hydroxylation is 2. The van der Waals surface area contributed by atoms with E-state index in [0.717, 1.165) is 22.5 Å². The average Bonchev–Trinajstić information content (AvgIpc) is 2.30. The number of pyridine rings is 1. The smallest absolute Gasteiger partial charge is 0.0568 e. The van der Waals surface area contributed by atoms with Crippen molar-refractivity contribution in [1.29, 1.82) is 0 Å². The molecular formula is C14H14Cl2N2. The lowest BCUT2D eigenvalue weighted by Crippen LogP contribution is -2.13. The Morgan fingerprint density at radius 3 is 2.28 bits per heavy atom. The molecule has 1 aromatic carbocycles. The highest BCUT2D eigenvalue weighted by Crippen LogP contribution is 2.29. The van der Waals surface area contributed by atoms with Gasteiger partial charge < -0.3 is 5.73 Å². The van der Waals surface area contributed by atoms with E-state index in [-0.39, 0.29) is 6.04 Å². The van der Waals surface area contributed by atoms with Crippen molar-refractivity contribution in [1.82, 2.24) is 4.98 Å². The van der Waals surface area contributed by atoms with Crippen LogP contribution in [0.15, 0.2) is 30.3 Å². The second kappa shape index (κ2) is 5.27. The summed E-state index contributed by atoms with van der Waals surface area (Å²) in [6, 6.07) is 8.96. The van der Waals surface area contributed by atoms with Gasteiger partial charge in [0.1, 0.15) is 0 Å². The van der Waals surface area contributed by atoms with Crippen molar-refractivity contribution in [2.24, 2.45) is 5.73 Å². The molecule has 0 saturated carbocycles. The van der Waals surface area contributed by atoms with Gasteiger partial charge >= 0.3 is 0 Å². The van der Waals surface area contributed by atoms with Gasteiger partial charge in [0.25, 0.3) is 0 Å². The van der Waals surface area contributed by atoms with Gasteiger partial charge in [-0.15, -0.1) is 0 Å². The molecule has 1 atom stereocenters. The molecule has 18 heavy (non-hydrogen) atoms. The van der Waals surface area contributed by atoms with Crippen LogP contribution in [0, 0.1) is 13.8 Å². The highest BCUT2D eigenvalue weighted by Gasteiger charge is 2.14. The van der Waals surface area contributed by atoms with Crippen molar-refractivity contribution < 1.29 is 0 Å². The van der Waals surface area contributed by atoms with E-state index in [4.69, 9.17) is 28.9 Å². The topological polar surface area (TPSA) is 38.9 Å². The molecule has 2 N–H and O–H groups in total. The Balaban J connectivity index is 2.47. The SMILES string of the molecule is Cc1cc(C(N)c2cc(Cl)ccc2Cl)cc(C)n1. The first-order valence-electron chi connectivity index (χ1n) is 5.63. The van der Waals surface area contributed by atoms with Crippen molar-refractivity contribution in [3.05, 3.63) is 62.9 Å². The van der Waals surface area contributed by atoms with Crippen LogP contribution in [0.4, 0.5) is 0 Å². The van der Waals surface area contributed by atoms with Gasteiger partial charge in [0.2, 0.25) is 0 Å². The minimum absolute atomic E-state index is 0.295. The zero-order chi connectivity index (χ0) is 13.3. The normalized spacial score (nSPS) is 12.5. The molecule has 0 saturated heterocycles. The summed E-state index contributed by atoms with van der Waals surface area (Å²) in [5.74, 6) is 0. The summed E-state index contributed by atoms with van der Waals surface area (Å²) in [5, 5.41) is 1.26. The number of halogens is 2.